The van der Waals surface area contributed by atoms with Crippen LogP contribution in [0.15, 0.2) is 29.2 Å². The number of nitrogens with two attached hydrogens (primary N) is 1. The minimum atomic E-state index is -3.41. The molecule has 0 unspecified atom stereocenters. The summed E-state index contributed by atoms with van der Waals surface area (Å²) in [4.78, 5) is 0.221. The predicted octanol–water partition coefficient (Wildman–Crippen LogP) is 0.295. The first kappa shape index (κ1) is 12.7. The fourth-order valence-corrected chi connectivity index (χ4v) is 2.25. The van der Waals surface area contributed by atoms with Crippen molar-refractivity contribution in [1.82, 2.24) is 4.72 Å². The third kappa shape index (κ3) is 3.35. The van der Waals surface area contributed by atoms with Gasteiger partial charge in [0.25, 0.3) is 0 Å². The number of nitrogens with one attached hydrogen (secondary N) is 1. The van der Waals surface area contributed by atoms with Crippen LogP contribution in [-0.2, 0) is 10.0 Å². The zero-order valence-electron chi connectivity index (χ0n) is 9.03. The Morgan fingerprint density at radius 1 is 1.44 bits per heavy atom. The molecule has 0 radical (unpaired) electrons. The zero-order chi connectivity index (χ0) is 12.0. The Morgan fingerprint density at radius 2 is 2.19 bits per heavy atom. The van der Waals surface area contributed by atoms with Crippen molar-refractivity contribution in [2.24, 2.45) is 5.73 Å². The van der Waals surface area contributed by atoms with E-state index in [1.165, 1.54) is 12.1 Å². The summed E-state index contributed by atoms with van der Waals surface area (Å²) in [5.74, 6) is 5.47. The average Bonchev–Trinajstić information content (AvgIpc) is 2.27. The van der Waals surface area contributed by atoms with Gasteiger partial charge in [-0.15, -0.1) is 0 Å². The highest BCUT2D eigenvalue weighted by Crippen LogP contribution is 2.10. The fourth-order valence-electron chi connectivity index (χ4n) is 1.17. The second-order valence-electron chi connectivity index (χ2n) is 3.04. The van der Waals surface area contributed by atoms with Crippen molar-refractivity contribution >= 4 is 10.0 Å². The van der Waals surface area contributed by atoms with Crippen molar-refractivity contribution in [3.63, 3.8) is 0 Å². The highest BCUT2D eigenvalue weighted by Gasteiger charge is 2.11. The molecule has 1 rings (SSSR count). The van der Waals surface area contributed by atoms with Crippen molar-refractivity contribution in [2.45, 2.75) is 11.8 Å². The summed E-state index contributed by atoms with van der Waals surface area (Å²) >= 11 is 0. The SMILES string of the molecule is CCNS(=O)(=O)c1cccc(C#CCN)c1. The van der Waals surface area contributed by atoms with Gasteiger partial charge in [0.15, 0.2) is 0 Å². The molecule has 0 aliphatic rings. The van der Waals surface area contributed by atoms with Crippen molar-refractivity contribution in [2.75, 3.05) is 13.1 Å². The molecule has 0 spiro atoms. The van der Waals surface area contributed by atoms with E-state index in [1.54, 1.807) is 19.1 Å². The van der Waals surface area contributed by atoms with Crippen molar-refractivity contribution < 1.29 is 8.42 Å². The van der Waals surface area contributed by atoms with Gasteiger partial charge in [0.05, 0.1) is 11.4 Å². The lowest BCUT2D eigenvalue weighted by atomic mass is 10.2. The highest BCUT2D eigenvalue weighted by atomic mass is 32.2. The van der Waals surface area contributed by atoms with Crippen molar-refractivity contribution in [3.05, 3.63) is 29.8 Å². The van der Waals surface area contributed by atoms with E-state index in [9.17, 15) is 8.42 Å². The van der Waals surface area contributed by atoms with E-state index in [-0.39, 0.29) is 11.4 Å². The van der Waals surface area contributed by atoms with E-state index < -0.39 is 10.0 Å². The van der Waals surface area contributed by atoms with Gasteiger partial charge in [0, 0.05) is 12.1 Å². The molecule has 4 nitrogen and oxygen atoms in total. The van der Waals surface area contributed by atoms with Crippen LogP contribution in [0.1, 0.15) is 12.5 Å². The first-order valence-corrected chi connectivity index (χ1v) is 6.37. The molecule has 0 aromatic heterocycles. The van der Waals surface area contributed by atoms with Crippen molar-refractivity contribution in [3.8, 4) is 11.8 Å². The normalized spacial score (nSPS) is 10.6. The zero-order valence-corrected chi connectivity index (χ0v) is 9.84. The third-order valence-corrected chi connectivity index (χ3v) is 3.36. The number of rotatable bonds is 3. The summed E-state index contributed by atoms with van der Waals surface area (Å²) in [6.07, 6.45) is 0. The maximum Gasteiger partial charge on any atom is 0.240 e. The summed E-state index contributed by atoms with van der Waals surface area (Å²) in [7, 11) is -3.41. The van der Waals surface area contributed by atoms with E-state index in [0.717, 1.165) is 0 Å². The third-order valence-electron chi connectivity index (χ3n) is 1.81. The summed E-state index contributed by atoms with van der Waals surface area (Å²) in [5, 5.41) is 0. The van der Waals surface area contributed by atoms with E-state index >= 15 is 0 Å². The molecule has 0 saturated carbocycles. The minimum Gasteiger partial charge on any atom is -0.320 e. The second-order valence-corrected chi connectivity index (χ2v) is 4.80. The lowest BCUT2D eigenvalue weighted by Gasteiger charge is -2.04. The molecule has 0 bridgehead atoms. The fraction of sp³-hybridized carbons (Fsp3) is 0.273. The van der Waals surface area contributed by atoms with Gasteiger partial charge >= 0.3 is 0 Å². The first-order valence-electron chi connectivity index (χ1n) is 4.89. The van der Waals surface area contributed by atoms with Gasteiger partial charge in [-0.3, -0.25) is 0 Å². The highest BCUT2D eigenvalue weighted by molar-refractivity contribution is 7.89. The molecule has 1 aromatic carbocycles. The Kier molecular flexibility index (Phi) is 4.50. The molecular weight excluding hydrogens is 224 g/mol. The maximum absolute atomic E-state index is 11.7. The Balaban J connectivity index is 3.08. The van der Waals surface area contributed by atoms with Crippen LogP contribution in [-0.4, -0.2) is 21.5 Å². The number of sulfonamides is 1. The molecule has 0 aliphatic heterocycles. The Bertz CT molecular complexity index is 512. The quantitative estimate of drug-likeness (QED) is 0.744. The summed E-state index contributed by atoms with van der Waals surface area (Å²) in [5.41, 5.74) is 5.89. The van der Waals surface area contributed by atoms with Gasteiger partial charge in [-0.05, 0) is 18.2 Å². The minimum absolute atomic E-state index is 0.221. The van der Waals surface area contributed by atoms with Gasteiger partial charge in [-0.25, -0.2) is 13.1 Å². The molecule has 16 heavy (non-hydrogen) atoms. The van der Waals surface area contributed by atoms with Crippen LogP contribution in [0.25, 0.3) is 0 Å². The predicted molar refractivity (Wildman–Crippen MR) is 63.2 cm³/mol. The summed E-state index contributed by atoms with van der Waals surface area (Å²) < 4.78 is 25.8. The molecule has 0 heterocycles. The van der Waals surface area contributed by atoms with E-state index in [2.05, 4.69) is 16.6 Å². The van der Waals surface area contributed by atoms with Crippen molar-refractivity contribution in [1.29, 1.82) is 0 Å². The van der Waals surface area contributed by atoms with E-state index in [1.807, 2.05) is 0 Å². The lowest BCUT2D eigenvalue weighted by molar-refractivity contribution is 0.584. The largest absolute Gasteiger partial charge is 0.320 e. The van der Waals surface area contributed by atoms with Gasteiger partial charge in [-0.1, -0.05) is 24.8 Å². The number of hydrogen-bond donors (Lipinski definition) is 2. The second kappa shape index (κ2) is 5.66. The van der Waals surface area contributed by atoms with Gasteiger partial charge < -0.3 is 5.73 Å². The van der Waals surface area contributed by atoms with Gasteiger partial charge in [0.1, 0.15) is 0 Å². The number of benzene rings is 1. The monoisotopic (exact) mass is 238 g/mol. The molecule has 5 heteroatoms. The molecule has 0 saturated heterocycles. The topological polar surface area (TPSA) is 72.2 Å². The Morgan fingerprint density at radius 3 is 2.81 bits per heavy atom. The average molecular weight is 238 g/mol. The van der Waals surface area contributed by atoms with Crippen LogP contribution in [0, 0.1) is 11.8 Å². The molecule has 0 aliphatic carbocycles. The Labute approximate surface area is 95.9 Å². The summed E-state index contributed by atoms with van der Waals surface area (Å²) in [6.45, 7) is 2.35. The molecule has 0 atom stereocenters. The summed E-state index contributed by atoms with van der Waals surface area (Å²) in [6, 6.07) is 6.46. The van der Waals surface area contributed by atoms with E-state index in [4.69, 9.17) is 5.73 Å². The van der Waals surface area contributed by atoms with Crippen LogP contribution in [0.4, 0.5) is 0 Å². The Hall–Kier alpha value is -1.35. The first-order chi connectivity index (χ1) is 7.60. The number of hydrogen-bond acceptors (Lipinski definition) is 3. The standard InChI is InChI=1S/C11H14N2O2S/c1-2-13-16(14,15)11-7-3-5-10(9-11)6-4-8-12/h3,5,7,9,13H,2,8,12H2,1H3. The lowest BCUT2D eigenvalue weighted by Crippen LogP contribution is -2.23. The van der Waals surface area contributed by atoms with Crippen LogP contribution >= 0.6 is 0 Å². The van der Waals surface area contributed by atoms with Crippen LogP contribution < -0.4 is 10.5 Å². The molecule has 1 aromatic rings. The van der Waals surface area contributed by atoms with Gasteiger partial charge in [0.2, 0.25) is 10.0 Å². The molecule has 0 fully saturated rings. The van der Waals surface area contributed by atoms with Crippen LogP contribution in [0.3, 0.4) is 0 Å². The molecule has 86 valence electrons. The maximum atomic E-state index is 11.7. The van der Waals surface area contributed by atoms with E-state index in [0.29, 0.717) is 12.1 Å². The van der Waals surface area contributed by atoms with Crippen LogP contribution in [0.2, 0.25) is 0 Å². The molecule has 0 amide bonds. The van der Waals surface area contributed by atoms with Gasteiger partial charge in [-0.2, -0.15) is 0 Å². The van der Waals surface area contributed by atoms with Crippen LogP contribution in [0.5, 0.6) is 0 Å². The molecule has 3 N–H and O–H groups in total. The molecular formula is C11H14N2O2S. The smallest absolute Gasteiger partial charge is 0.240 e.